The smallest absolute Gasteiger partial charge is 0.247 e. The van der Waals surface area contributed by atoms with E-state index in [0.717, 1.165) is 30.3 Å². The Morgan fingerprint density at radius 2 is 1.95 bits per heavy atom. The lowest BCUT2D eigenvalue weighted by Gasteiger charge is -2.26. The number of rotatable bonds is 3. The van der Waals surface area contributed by atoms with Gasteiger partial charge >= 0.3 is 0 Å². The van der Waals surface area contributed by atoms with Crippen molar-refractivity contribution in [2.45, 2.75) is 0 Å². The first-order valence-corrected chi connectivity index (χ1v) is 7.07. The normalized spacial score (nSPS) is 16.6. The van der Waals surface area contributed by atoms with Crippen molar-refractivity contribution in [1.29, 1.82) is 0 Å². The fourth-order valence-corrected chi connectivity index (χ4v) is 2.37. The van der Waals surface area contributed by atoms with Crippen LogP contribution in [0.4, 0.5) is 17.5 Å². The zero-order valence-electron chi connectivity index (χ0n) is 11.9. The van der Waals surface area contributed by atoms with Gasteiger partial charge in [-0.2, -0.15) is 10.1 Å². The van der Waals surface area contributed by atoms with Gasteiger partial charge in [-0.15, -0.1) is 5.10 Å². The maximum atomic E-state index is 5.36. The molecule has 22 heavy (non-hydrogen) atoms. The van der Waals surface area contributed by atoms with Gasteiger partial charge in [-0.1, -0.05) is 0 Å². The molecule has 0 amide bonds. The Balaban J connectivity index is 1.53. The van der Waals surface area contributed by atoms with E-state index in [1.165, 1.54) is 0 Å². The lowest BCUT2D eigenvalue weighted by Crippen LogP contribution is -2.37. The number of fused-ring (bicyclic) bond motifs is 1. The van der Waals surface area contributed by atoms with E-state index in [-0.39, 0.29) is 6.79 Å². The SMILES string of the molecule is c1cc2c(cc1Nc1cnnc(N3CCOCC3)n1)OCO2. The van der Waals surface area contributed by atoms with Crippen molar-refractivity contribution in [3.63, 3.8) is 0 Å². The molecule has 4 rings (SSSR count). The molecular weight excluding hydrogens is 286 g/mol. The van der Waals surface area contributed by atoms with Crippen LogP contribution >= 0.6 is 0 Å². The molecule has 1 N–H and O–H groups in total. The van der Waals surface area contributed by atoms with Gasteiger partial charge in [-0.25, -0.2) is 0 Å². The van der Waals surface area contributed by atoms with Crippen LogP contribution in [0.25, 0.3) is 0 Å². The van der Waals surface area contributed by atoms with Crippen molar-refractivity contribution in [3.8, 4) is 11.5 Å². The van der Waals surface area contributed by atoms with Crippen LogP contribution in [0.1, 0.15) is 0 Å². The molecule has 0 unspecified atom stereocenters. The Morgan fingerprint density at radius 3 is 2.86 bits per heavy atom. The summed E-state index contributed by atoms with van der Waals surface area (Å²) in [6, 6.07) is 5.64. The fourth-order valence-electron chi connectivity index (χ4n) is 2.37. The van der Waals surface area contributed by atoms with E-state index in [1.54, 1.807) is 6.20 Å². The van der Waals surface area contributed by atoms with E-state index >= 15 is 0 Å². The lowest BCUT2D eigenvalue weighted by atomic mass is 10.3. The number of aromatic nitrogens is 3. The van der Waals surface area contributed by atoms with Crippen molar-refractivity contribution in [1.82, 2.24) is 15.2 Å². The van der Waals surface area contributed by atoms with Gasteiger partial charge in [0.2, 0.25) is 12.7 Å². The maximum absolute atomic E-state index is 5.36. The van der Waals surface area contributed by atoms with Crippen LogP contribution in [0.3, 0.4) is 0 Å². The molecule has 114 valence electrons. The summed E-state index contributed by atoms with van der Waals surface area (Å²) in [5.74, 6) is 2.71. The van der Waals surface area contributed by atoms with Crippen LogP contribution in [-0.4, -0.2) is 48.3 Å². The zero-order chi connectivity index (χ0) is 14.8. The van der Waals surface area contributed by atoms with Crippen molar-refractivity contribution < 1.29 is 14.2 Å². The summed E-state index contributed by atoms with van der Waals surface area (Å²) in [6.07, 6.45) is 1.59. The van der Waals surface area contributed by atoms with E-state index in [9.17, 15) is 0 Å². The standard InChI is InChI=1S/C14H15N5O3/c1-2-11-12(22-9-21-11)7-10(1)16-13-8-15-18-14(17-13)19-3-5-20-6-4-19/h1-2,7-8H,3-6,9H2,(H,16,17,18). The molecule has 2 aliphatic heterocycles. The summed E-state index contributed by atoms with van der Waals surface area (Å²) >= 11 is 0. The average Bonchev–Trinajstić information content (AvgIpc) is 3.04. The third-order valence-electron chi connectivity index (χ3n) is 3.49. The number of hydrogen-bond acceptors (Lipinski definition) is 8. The number of benzene rings is 1. The van der Waals surface area contributed by atoms with E-state index in [2.05, 4.69) is 25.4 Å². The third kappa shape index (κ3) is 2.60. The molecule has 3 heterocycles. The molecule has 0 saturated carbocycles. The Kier molecular flexibility index (Phi) is 3.36. The maximum Gasteiger partial charge on any atom is 0.247 e. The lowest BCUT2D eigenvalue weighted by molar-refractivity contribution is 0.122. The van der Waals surface area contributed by atoms with Gasteiger partial charge in [-0.05, 0) is 12.1 Å². The van der Waals surface area contributed by atoms with E-state index in [4.69, 9.17) is 14.2 Å². The number of morpholine rings is 1. The van der Waals surface area contributed by atoms with Gasteiger partial charge in [0, 0.05) is 24.8 Å². The van der Waals surface area contributed by atoms with Crippen LogP contribution in [0, 0.1) is 0 Å². The van der Waals surface area contributed by atoms with E-state index in [1.807, 2.05) is 18.2 Å². The largest absolute Gasteiger partial charge is 0.454 e. The van der Waals surface area contributed by atoms with Gasteiger partial charge in [0.25, 0.3) is 0 Å². The predicted molar refractivity (Wildman–Crippen MR) is 78.7 cm³/mol. The van der Waals surface area contributed by atoms with Crippen LogP contribution in [0.5, 0.6) is 11.5 Å². The monoisotopic (exact) mass is 301 g/mol. The Morgan fingerprint density at radius 1 is 1.09 bits per heavy atom. The average molecular weight is 301 g/mol. The molecule has 0 aliphatic carbocycles. The minimum atomic E-state index is 0.259. The summed E-state index contributed by atoms with van der Waals surface area (Å²) < 4.78 is 16.0. The molecule has 8 nitrogen and oxygen atoms in total. The third-order valence-corrected chi connectivity index (χ3v) is 3.49. The number of anilines is 3. The van der Waals surface area contributed by atoms with Crippen molar-refractivity contribution in [2.75, 3.05) is 43.3 Å². The van der Waals surface area contributed by atoms with Crippen LogP contribution in [-0.2, 0) is 4.74 Å². The molecule has 1 aromatic carbocycles. The number of hydrogen-bond donors (Lipinski definition) is 1. The first-order valence-electron chi connectivity index (χ1n) is 7.07. The highest BCUT2D eigenvalue weighted by Gasteiger charge is 2.16. The summed E-state index contributed by atoms with van der Waals surface area (Å²) in [7, 11) is 0. The minimum absolute atomic E-state index is 0.259. The summed E-state index contributed by atoms with van der Waals surface area (Å²) in [5, 5.41) is 11.3. The highest BCUT2D eigenvalue weighted by molar-refractivity contribution is 5.61. The second-order valence-electron chi connectivity index (χ2n) is 4.93. The quantitative estimate of drug-likeness (QED) is 0.905. The molecule has 1 saturated heterocycles. The molecule has 2 aromatic rings. The van der Waals surface area contributed by atoms with Crippen LogP contribution in [0.15, 0.2) is 24.4 Å². The van der Waals surface area contributed by atoms with Crippen molar-refractivity contribution in [2.24, 2.45) is 0 Å². The Bertz CT molecular complexity index is 675. The Hall–Kier alpha value is -2.61. The second-order valence-corrected chi connectivity index (χ2v) is 4.93. The van der Waals surface area contributed by atoms with Crippen molar-refractivity contribution in [3.05, 3.63) is 24.4 Å². The molecule has 1 aromatic heterocycles. The van der Waals surface area contributed by atoms with Crippen molar-refractivity contribution >= 4 is 17.5 Å². The fraction of sp³-hybridized carbons (Fsp3) is 0.357. The number of ether oxygens (including phenoxy) is 3. The van der Waals surface area contributed by atoms with Crippen LogP contribution < -0.4 is 19.7 Å². The topological polar surface area (TPSA) is 81.6 Å². The first-order chi connectivity index (χ1) is 10.9. The molecule has 0 spiro atoms. The molecule has 0 radical (unpaired) electrons. The van der Waals surface area contributed by atoms with E-state index < -0.39 is 0 Å². The Labute approximate surface area is 127 Å². The van der Waals surface area contributed by atoms with Gasteiger partial charge in [-0.3, -0.25) is 0 Å². The number of nitrogens with one attached hydrogen (secondary N) is 1. The molecule has 0 bridgehead atoms. The summed E-state index contributed by atoms with van der Waals surface area (Å²) in [6.45, 7) is 3.17. The summed E-state index contributed by atoms with van der Waals surface area (Å²) in [4.78, 5) is 6.56. The van der Waals surface area contributed by atoms with Gasteiger partial charge < -0.3 is 24.4 Å². The van der Waals surface area contributed by atoms with Gasteiger partial charge in [0.05, 0.1) is 19.4 Å². The minimum Gasteiger partial charge on any atom is -0.454 e. The number of nitrogens with zero attached hydrogens (tertiary/aromatic N) is 4. The van der Waals surface area contributed by atoms with Gasteiger partial charge in [0.15, 0.2) is 17.3 Å². The van der Waals surface area contributed by atoms with Crippen LogP contribution in [0.2, 0.25) is 0 Å². The predicted octanol–water partition coefficient (Wildman–Crippen LogP) is 1.18. The second kappa shape index (κ2) is 5.64. The molecular formula is C14H15N5O3. The molecule has 1 fully saturated rings. The molecule has 8 heteroatoms. The summed E-state index contributed by atoms with van der Waals surface area (Å²) in [5.41, 5.74) is 0.859. The highest BCUT2D eigenvalue weighted by atomic mass is 16.7. The van der Waals surface area contributed by atoms with E-state index in [0.29, 0.717) is 25.0 Å². The molecule has 2 aliphatic rings. The molecule has 0 atom stereocenters. The highest BCUT2D eigenvalue weighted by Crippen LogP contribution is 2.34. The van der Waals surface area contributed by atoms with Gasteiger partial charge in [0.1, 0.15) is 0 Å². The first kappa shape index (κ1) is 13.1. The zero-order valence-corrected chi connectivity index (χ0v) is 11.9.